The van der Waals surface area contributed by atoms with E-state index >= 15 is 0 Å². The van der Waals surface area contributed by atoms with Crippen LogP contribution in [0.15, 0.2) is 35.3 Å². The van der Waals surface area contributed by atoms with E-state index in [-0.39, 0.29) is 10.6 Å². The lowest BCUT2D eigenvalue weighted by Crippen LogP contribution is -2.17. The van der Waals surface area contributed by atoms with Crippen LogP contribution >= 0.6 is 22.9 Å². The first kappa shape index (κ1) is 17.1. The fourth-order valence-electron chi connectivity index (χ4n) is 2.84. The van der Waals surface area contributed by atoms with Gasteiger partial charge in [-0.05, 0) is 19.1 Å². The molecule has 2 aromatic carbocycles. The van der Waals surface area contributed by atoms with Gasteiger partial charge in [0.1, 0.15) is 19.0 Å². The average Bonchev–Trinajstić information content (AvgIpc) is 2.95. The number of thiazole rings is 1. The van der Waals surface area contributed by atoms with E-state index in [4.69, 9.17) is 21.1 Å². The quantitative estimate of drug-likeness (QED) is 0.661. The van der Waals surface area contributed by atoms with Crippen molar-refractivity contribution in [2.24, 2.45) is 4.99 Å². The molecule has 26 heavy (non-hydrogen) atoms. The van der Waals surface area contributed by atoms with Crippen LogP contribution in [0.4, 0.5) is 4.39 Å². The van der Waals surface area contributed by atoms with E-state index in [1.54, 1.807) is 0 Å². The second-order valence-corrected chi connectivity index (χ2v) is 7.02. The van der Waals surface area contributed by atoms with E-state index in [2.05, 4.69) is 4.99 Å². The lowest BCUT2D eigenvalue weighted by molar-refractivity contribution is 0.0994. The molecule has 0 N–H and O–H groups in total. The molecular formula is C18H14ClFN2O3S. The van der Waals surface area contributed by atoms with Crippen molar-refractivity contribution in [1.82, 2.24) is 4.57 Å². The predicted molar refractivity (Wildman–Crippen MR) is 97.8 cm³/mol. The number of nitrogens with zero attached hydrogens (tertiary/aromatic N) is 2. The number of rotatable bonds is 2. The fraction of sp³-hybridized carbons (Fsp3) is 0.222. The van der Waals surface area contributed by atoms with Gasteiger partial charge in [0.05, 0.1) is 20.8 Å². The Morgan fingerprint density at radius 2 is 2.04 bits per heavy atom. The van der Waals surface area contributed by atoms with E-state index < -0.39 is 11.7 Å². The molecule has 4 rings (SSSR count). The van der Waals surface area contributed by atoms with E-state index in [1.807, 2.05) is 23.6 Å². The predicted octanol–water partition coefficient (Wildman–Crippen LogP) is 4.03. The number of halogens is 2. The van der Waals surface area contributed by atoms with Crippen molar-refractivity contribution in [2.45, 2.75) is 13.5 Å². The third-order valence-electron chi connectivity index (χ3n) is 4.04. The first-order chi connectivity index (χ1) is 12.6. The third kappa shape index (κ3) is 2.87. The van der Waals surface area contributed by atoms with Crippen LogP contribution < -0.4 is 14.3 Å². The fourth-order valence-corrected chi connectivity index (χ4v) is 4.19. The van der Waals surface area contributed by atoms with Gasteiger partial charge in [-0.15, -0.1) is 0 Å². The van der Waals surface area contributed by atoms with Gasteiger partial charge < -0.3 is 14.0 Å². The molecule has 0 aliphatic carbocycles. The smallest absolute Gasteiger partial charge is 0.284 e. The van der Waals surface area contributed by atoms with Crippen molar-refractivity contribution in [3.63, 3.8) is 0 Å². The lowest BCUT2D eigenvalue weighted by atomic mass is 10.2. The number of carbonyl (C=O) groups is 1. The Balaban J connectivity index is 1.88. The van der Waals surface area contributed by atoms with Gasteiger partial charge in [-0.1, -0.05) is 29.0 Å². The number of fused-ring (bicyclic) bond motifs is 2. The molecule has 1 aliphatic heterocycles. The van der Waals surface area contributed by atoms with Crippen molar-refractivity contribution in [2.75, 3.05) is 13.2 Å². The number of hydrogen-bond donors (Lipinski definition) is 0. The summed E-state index contributed by atoms with van der Waals surface area (Å²) in [6.07, 6.45) is 0. The van der Waals surface area contributed by atoms with E-state index in [0.717, 1.165) is 10.2 Å². The summed E-state index contributed by atoms with van der Waals surface area (Å²) in [4.78, 5) is 17.1. The van der Waals surface area contributed by atoms with Crippen molar-refractivity contribution >= 4 is 39.1 Å². The molecule has 5 nitrogen and oxygen atoms in total. The van der Waals surface area contributed by atoms with Crippen molar-refractivity contribution in [3.05, 3.63) is 51.5 Å². The van der Waals surface area contributed by atoms with Crippen LogP contribution in [0.25, 0.3) is 10.2 Å². The number of ether oxygens (including phenoxy) is 2. The summed E-state index contributed by atoms with van der Waals surface area (Å²) in [5.74, 6) is -0.0613. The monoisotopic (exact) mass is 392 g/mol. The molecule has 2 heterocycles. The summed E-state index contributed by atoms with van der Waals surface area (Å²) in [7, 11) is 0. The Morgan fingerprint density at radius 3 is 2.73 bits per heavy atom. The van der Waals surface area contributed by atoms with Crippen LogP contribution in [0.1, 0.15) is 17.3 Å². The number of hydrogen-bond acceptors (Lipinski definition) is 4. The summed E-state index contributed by atoms with van der Waals surface area (Å²) in [5, 5.41) is 0.0418. The van der Waals surface area contributed by atoms with Crippen LogP contribution in [0.2, 0.25) is 5.02 Å². The van der Waals surface area contributed by atoms with Gasteiger partial charge >= 0.3 is 0 Å². The summed E-state index contributed by atoms with van der Waals surface area (Å²) in [6.45, 7) is 3.54. The van der Waals surface area contributed by atoms with Gasteiger partial charge in [-0.2, -0.15) is 4.99 Å². The molecule has 1 amide bonds. The van der Waals surface area contributed by atoms with Crippen LogP contribution in [0.5, 0.6) is 11.5 Å². The van der Waals surface area contributed by atoms with Gasteiger partial charge in [-0.3, -0.25) is 4.79 Å². The number of benzene rings is 2. The maximum Gasteiger partial charge on any atom is 0.284 e. The highest BCUT2D eigenvalue weighted by Crippen LogP contribution is 2.35. The van der Waals surface area contributed by atoms with E-state index in [9.17, 15) is 9.18 Å². The molecule has 0 radical (unpaired) electrons. The number of amides is 1. The second-order valence-electron chi connectivity index (χ2n) is 5.61. The second kappa shape index (κ2) is 6.74. The van der Waals surface area contributed by atoms with E-state index in [0.29, 0.717) is 36.1 Å². The van der Waals surface area contributed by atoms with Gasteiger partial charge in [-0.25, -0.2) is 4.39 Å². The Morgan fingerprint density at radius 1 is 1.31 bits per heavy atom. The van der Waals surface area contributed by atoms with Crippen LogP contribution in [-0.2, 0) is 6.54 Å². The summed E-state index contributed by atoms with van der Waals surface area (Å²) in [6, 6.07) is 7.86. The molecule has 0 saturated heterocycles. The number of aryl methyl sites for hydroxylation is 1. The van der Waals surface area contributed by atoms with Crippen molar-refractivity contribution in [1.29, 1.82) is 0 Å². The lowest BCUT2D eigenvalue weighted by Gasteiger charge is -2.18. The van der Waals surface area contributed by atoms with Crippen molar-refractivity contribution in [3.8, 4) is 11.5 Å². The topological polar surface area (TPSA) is 52.8 Å². The minimum absolute atomic E-state index is 0.0418. The minimum Gasteiger partial charge on any atom is -0.486 e. The Bertz CT molecular complexity index is 1070. The molecule has 0 unspecified atom stereocenters. The molecule has 0 fully saturated rings. The van der Waals surface area contributed by atoms with Gasteiger partial charge in [0, 0.05) is 18.7 Å². The Labute approximate surface area is 157 Å². The summed E-state index contributed by atoms with van der Waals surface area (Å²) >= 11 is 7.30. The van der Waals surface area contributed by atoms with E-state index in [1.165, 1.54) is 29.5 Å². The van der Waals surface area contributed by atoms with Gasteiger partial charge in [0.15, 0.2) is 16.3 Å². The van der Waals surface area contributed by atoms with Gasteiger partial charge in [0.2, 0.25) is 0 Å². The average molecular weight is 393 g/mol. The minimum atomic E-state index is -0.709. The molecule has 8 heteroatoms. The molecule has 0 bridgehead atoms. The highest BCUT2D eigenvalue weighted by molar-refractivity contribution is 7.16. The zero-order valence-corrected chi connectivity index (χ0v) is 15.4. The maximum atomic E-state index is 14.0. The highest BCUT2D eigenvalue weighted by Gasteiger charge is 2.18. The molecule has 1 aromatic heterocycles. The normalized spacial score (nSPS) is 14.0. The summed E-state index contributed by atoms with van der Waals surface area (Å²) in [5.41, 5.74) is 0.660. The molecule has 0 atom stereocenters. The largest absolute Gasteiger partial charge is 0.486 e. The van der Waals surface area contributed by atoms with Crippen molar-refractivity contribution < 1.29 is 18.7 Å². The number of aromatic nitrogens is 1. The molecule has 0 spiro atoms. The first-order valence-corrected chi connectivity index (χ1v) is 9.24. The van der Waals surface area contributed by atoms with Gasteiger partial charge in [0.25, 0.3) is 5.91 Å². The third-order valence-corrected chi connectivity index (χ3v) is 5.39. The van der Waals surface area contributed by atoms with Crippen LogP contribution in [0.3, 0.4) is 0 Å². The zero-order valence-electron chi connectivity index (χ0n) is 13.8. The molecule has 134 valence electrons. The molecule has 0 saturated carbocycles. The zero-order chi connectivity index (χ0) is 18.3. The van der Waals surface area contributed by atoms with Crippen LogP contribution in [-0.4, -0.2) is 23.7 Å². The number of carbonyl (C=O) groups excluding carboxylic acids is 1. The molecule has 1 aliphatic rings. The Hall–Kier alpha value is -2.38. The SMILES string of the molecule is CCn1c(=NC(=O)c2c(F)cccc2Cl)sc2cc3c(cc21)OCCO3. The highest BCUT2D eigenvalue weighted by atomic mass is 35.5. The summed E-state index contributed by atoms with van der Waals surface area (Å²) < 4.78 is 28.0. The maximum absolute atomic E-state index is 14.0. The Kier molecular flexibility index (Phi) is 4.42. The first-order valence-electron chi connectivity index (χ1n) is 8.04. The molecular weight excluding hydrogens is 379 g/mol. The molecule has 3 aromatic rings. The standard InChI is InChI=1S/C18H14ClFN2O3S/c1-2-22-12-8-13-14(25-7-6-24-13)9-15(12)26-18(22)21-17(23)16-10(19)4-3-5-11(16)20/h3-5,8-9H,2,6-7H2,1H3. The van der Waals surface area contributed by atoms with Crippen LogP contribution in [0, 0.1) is 5.82 Å².